The van der Waals surface area contributed by atoms with Crippen molar-refractivity contribution in [3.05, 3.63) is 53.7 Å². The smallest absolute Gasteiger partial charge is 0.276 e. The van der Waals surface area contributed by atoms with E-state index in [1.165, 1.54) is 6.39 Å². The topological polar surface area (TPSA) is 75.9 Å². The number of hydrogen-bond donors (Lipinski definition) is 0. The summed E-state index contributed by atoms with van der Waals surface area (Å²) >= 11 is 0. The van der Waals surface area contributed by atoms with Crippen molar-refractivity contribution in [2.75, 3.05) is 19.7 Å². The number of carbonyl (C=O) groups is 2. The van der Waals surface area contributed by atoms with E-state index in [1.54, 1.807) is 11.8 Å². The summed E-state index contributed by atoms with van der Waals surface area (Å²) in [7, 11) is 0. The van der Waals surface area contributed by atoms with E-state index in [9.17, 15) is 9.59 Å². The number of likely N-dealkylation sites (tertiary alicyclic amines) is 1. The molecule has 2 atom stereocenters. The molecule has 0 radical (unpaired) electrons. The van der Waals surface area contributed by atoms with Crippen molar-refractivity contribution in [1.29, 1.82) is 0 Å². The first kappa shape index (κ1) is 16.8. The Hall–Kier alpha value is -2.67. The van der Waals surface area contributed by atoms with Crippen molar-refractivity contribution in [2.45, 2.75) is 32.0 Å². The predicted molar refractivity (Wildman–Crippen MR) is 92.3 cm³/mol. The number of benzene rings is 1. The summed E-state index contributed by atoms with van der Waals surface area (Å²) < 4.78 is 11.0. The monoisotopic (exact) mass is 355 g/mol. The molecule has 0 saturated carbocycles. The lowest BCUT2D eigenvalue weighted by Gasteiger charge is -2.29. The van der Waals surface area contributed by atoms with Crippen molar-refractivity contribution in [3.8, 4) is 0 Å². The van der Waals surface area contributed by atoms with Crippen LogP contribution >= 0.6 is 0 Å². The average Bonchev–Trinajstić information content (AvgIpc) is 3.23. The third-order valence-electron chi connectivity index (χ3n) is 5.04. The fourth-order valence-electron chi connectivity index (χ4n) is 3.66. The number of oxazole rings is 1. The molecular formula is C19H21N3O4. The van der Waals surface area contributed by atoms with E-state index in [0.29, 0.717) is 44.1 Å². The Morgan fingerprint density at radius 3 is 2.81 bits per heavy atom. The molecule has 2 aromatic rings. The number of ether oxygens (including phenoxy) is 1. The summed E-state index contributed by atoms with van der Waals surface area (Å²) in [5, 5.41) is 0. The number of aryl methyl sites for hydroxylation is 1. The molecule has 0 unspecified atom stereocenters. The molecule has 7 nitrogen and oxygen atoms in total. The van der Waals surface area contributed by atoms with Gasteiger partial charge in [-0.15, -0.1) is 0 Å². The average molecular weight is 355 g/mol. The Bertz CT molecular complexity index is 804. The first-order chi connectivity index (χ1) is 12.6. The molecule has 1 aromatic heterocycles. The van der Waals surface area contributed by atoms with E-state index in [0.717, 1.165) is 5.56 Å². The van der Waals surface area contributed by atoms with Gasteiger partial charge >= 0.3 is 0 Å². The van der Waals surface area contributed by atoms with Crippen LogP contribution in [0.15, 0.2) is 41.1 Å². The lowest BCUT2D eigenvalue weighted by molar-refractivity contribution is -0.133. The molecule has 2 aliphatic heterocycles. The number of aromatic nitrogens is 1. The zero-order valence-corrected chi connectivity index (χ0v) is 14.6. The summed E-state index contributed by atoms with van der Waals surface area (Å²) in [6, 6.07) is 9.74. The van der Waals surface area contributed by atoms with E-state index in [2.05, 4.69) is 4.98 Å². The molecule has 7 heteroatoms. The van der Waals surface area contributed by atoms with Crippen LogP contribution in [0.3, 0.4) is 0 Å². The van der Waals surface area contributed by atoms with Crippen LogP contribution in [0.1, 0.15) is 28.2 Å². The first-order valence-electron chi connectivity index (χ1n) is 8.78. The number of amides is 2. The van der Waals surface area contributed by atoms with Gasteiger partial charge in [-0.25, -0.2) is 4.98 Å². The zero-order valence-electron chi connectivity index (χ0n) is 14.6. The highest BCUT2D eigenvalue weighted by molar-refractivity contribution is 5.93. The SMILES string of the molecule is Cc1ocnc1C(=O)N1C[C@@H]2OCCC(=O)N(Cc3ccccc3)[C@H]2C1. The second kappa shape index (κ2) is 6.92. The summed E-state index contributed by atoms with van der Waals surface area (Å²) in [6.45, 7) is 3.52. The summed E-state index contributed by atoms with van der Waals surface area (Å²) in [6.07, 6.45) is 1.47. The first-order valence-corrected chi connectivity index (χ1v) is 8.78. The van der Waals surface area contributed by atoms with Gasteiger partial charge in [0.1, 0.15) is 5.76 Å². The van der Waals surface area contributed by atoms with Crippen LogP contribution in [0.4, 0.5) is 0 Å². The predicted octanol–water partition coefficient (Wildman–Crippen LogP) is 1.63. The van der Waals surface area contributed by atoms with Gasteiger partial charge in [0, 0.05) is 19.6 Å². The number of rotatable bonds is 3. The Morgan fingerprint density at radius 1 is 1.27 bits per heavy atom. The molecule has 2 saturated heterocycles. The minimum atomic E-state index is -0.181. The van der Waals surface area contributed by atoms with Crippen LogP contribution < -0.4 is 0 Å². The van der Waals surface area contributed by atoms with Gasteiger partial charge in [-0.05, 0) is 12.5 Å². The van der Waals surface area contributed by atoms with Crippen molar-refractivity contribution < 1.29 is 18.7 Å². The molecular weight excluding hydrogens is 334 g/mol. The van der Waals surface area contributed by atoms with Gasteiger partial charge in [0.2, 0.25) is 5.91 Å². The molecule has 2 amide bonds. The van der Waals surface area contributed by atoms with Crippen LogP contribution in [0.5, 0.6) is 0 Å². The van der Waals surface area contributed by atoms with Gasteiger partial charge in [-0.3, -0.25) is 9.59 Å². The van der Waals surface area contributed by atoms with Gasteiger partial charge in [0.05, 0.1) is 25.2 Å². The van der Waals surface area contributed by atoms with E-state index in [4.69, 9.17) is 9.15 Å². The quantitative estimate of drug-likeness (QED) is 0.836. The van der Waals surface area contributed by atoms with E-state index in [-0.39, 0.29) is 24.0 Å². The molecule has 136 valence electrons. The molecule has 0 spiro atoms. The lowest BCUT2D eigenvalue weighted by atomic mass is 10.1. The third kappa shape index (κ3) is 3.10. The molecule has 0 N–H and O–H groups in total. The standard InChI is InChI=1S/C19H21N3O4/c1-13-18(20-12-26-13)19(24)21-10-15-16(11-21)25-8-7-17(23)22(15)9-14-5-3-2-4-6-14/h2-6,12,15-16H,7-11H2,1H3/t15-,16-/m0/s1. The van der Waals surface area contributed by atoms with Crippen LogP contribution in [0.25, 0.3) is 0 Å². The van der Waals surface area contributed by atoms with Crippen LogP contribution in [-0.4, -0.2) is 58.4 Å². The second-order valence-corrected chi connectivity index (χ2v) is 6.70. The van der Waals surface area contributed by atoms with Gasteiger partial charge in [-0.2, -0.15) is 0 Å². The molecule has 26 heavy (non-hydrogen) atoms. The minimum absolute atomic E-state index is 0.0632. The Morgan fingerprint density at radius 2 is 2.08 bits per heavy atom. The molecule has 2 aliphatic rings. The summed E-state index contributed by atoms with van der Waals surface area (Å²) in [5.41, 5.74) is 1.39. The number of hydrogen-bond acceptors (Lipinski definition) is 5. The summed E-state index contributed by atoms with van der Waals surface area (Å²) in [5.74, 6) is 0.383. The third-order valence-corrected chi connectivity index (χ3v) is 5.04. The normalized spacial score (nSPS) is 23.0. The van der Waals surface area contributed by atoms with Crippen molar-refractivity contribution >= 4 is 11.8 Å². The van der Waals surface area contributed by atoms with Crippen molar-refractivity contribution in [1.82, 2.24) is 14.8 Å². The van der Waals surface area contributed by atoms with E-state index >= 15 is 0 Å². The van der Waals surface area contributed by atoms with Crippen molar-refractivity contribution in [2.24, 2.45) is 0 Å². The molecule has 0 bridgehead atoms. The second-order valence-electron chi connectivity index (χ2n) is 6.70. The molecule has 3 heterocycles. The zero-order chi connectivity index (χ0) is 18.1. The highest BCUT2D eigenvalue weighted by Crippen LogP contribution is 2.26. The number of fused-ring (bicyclic) bond motifs is 1. The maximum absolute atomic E-state index is 12.7. The Kier molecular flexibility index (Phi) is 4.46. The largest absolute Gasteiger partial charge is 0.448 e. The number of nitrogens with zero attached hydrogens (tertiary/aromatic N) is 3. The molecule has 0 aliphatic carbocycles. The Labute approximate surface area is 151 Å². The minimum Gasteiger partial charge on any atom is -0.448 e. The van der Waals surface area contributed by atoms with Gasteiger partial charge < -0.3 is 19.0 Å². The van der Waals surface area contributed by atoms with E-state index in [1.807, 2.05) is 35.2 Å². The van der Waals surface area contributed by atoms with E-state index < -0.39 is 0 Å². The highest BCUT2D eigenvalue weighted by atomic mass is 16.5. The van der Waals surface area contributed by atoms with Gasteiger partial charge in [0.15, 0.2) is 12.1 Å². The van der Waals surface area contributed by atoms with Crippen LogP contribution in [0.2, 0.25) is 0 Å². The Balaban J connectivity index is 1.55. The maximum Gasteiger partial charge on any atom is 0.276 e. The van der Waals surface area contributed by atoms with Crippen LogP contribution in [-0.2, 0) is 16.1 Å². The fraction of sp³-hybridized carbons (Fsp3) is 0.421. The van der Waals surface area contributed by atoms with Crippen LogP contribution in [0, 0.1) is 6.92 Å². The number of carbonyl (C=O) groups excluding carboxylic acids is 2. The lowest BCUT2D eigenvalue weighted by Crippen LogP contribution is -2.45. The molecule has 2 fully saturated rings. The fourth-order valence-corrected chi connectivity index (χ4v) is 3.66. The van der Waals surface area contributed by atoms with Crippen molar-refractivity contribution in [3.63, 3.8) is 0 Å². The summed E-state index contributed by atoms with van der Waals surface area (Å²) in [4.78, 5) is 33.0. The highest BCUT2D eigenvalue weighted by Gasteiger charge is 2.43. The maximum atomic E-state index is 12.7. The van der Waals surface area contributed by atoms with Gasteiger partial charge in [-0.1, -0.05) is 30.3 Å². The van der Waals surface area contributed by atoms with Gasteiger partial charge in [0.25, 0.3) is 5.91 Å². The molecule has 4 rings (SSSR count). The molecule has 1 aromatic carbocycles.